The van der Waals surface area contributed by atoms with Gasteiger partial charge in [0, 0.05) is 25.5 Å². The summed E-state index contributed by atoms with van der Waals surface area (Å²) in [4.78, 5) is 11.2. The molecule has 0 spiro atoms. The third kappa shape index (κ3) is 12.3. The number of hydrogen-bond donors (Lipinski definition) is 2. The molecule has 1 aliphatic heterocycles. The van der Waals surface area contributed by atoms with Crippen LogP contribution in [0.5, 0.6) is 0 Å². The van der Waals surface area contributed by atoms with E-state index in [1.54, 1.807) is 6.26 Å². The smallest absolute Gasteiger partial charge is 0.305 e. The zero-order valence-corrected chi connectivity index (χ0v) is 19.1. The van der Waals surface area contributed by atoms with E-state index in [9.17, 15) is 9.90 Å². The van der Waals surface area contributed by atoms with Gasteiger partial charge in [-0.3, -0.25) is 4.79 Å². The average molecular weight is 440 g/mol. The molecule has 1 saturated heterocycles. The largest absolute Gasteiger partial charge is 0.469 e. The van der Waals surface area contributed by atoms with Crippen molar-refractivity contribution in [2.45, 2.75) is 95.5 Å². The van der Waals surface area contributed by atoms with E-state index in [0.717, 1.165) is 76.7 Å². The van der Waals surface area contributed by atoms with Crippen LogP contribution in [0.15, 0.2) is 22.8 Å². The lowest BCUT2D eigenvalue weighted by atomic mass is 10.1. The van der Waals surface area contributed by atoms with E-state index in [4.69, 9.17) is 13.9 Å². The van der Waals surface area contributed by atoms with E-state index in [1.165, 1.54) is 7.11 Å². The fraction of sp³-hybridized carbons (Fsp3) is 0.792. The maximum atomic E-state index is 11.2. The number of carbonyl (C=O) groups is 1. The summed E-state index contributed by atoms with van der Waals surface area (Å²) in [6.07, 6.45) is 12.2. The first-order valence-corrected chi connectivity index (χ1v) is 11.9. The Kier molecular flexibility index (Phi) is 13.6. The van der Waals surface area contributed by atoms with Crippen molar-refractivity contribution >= 4 is 5.97 Å². The molecule has 0 bridgehead atoms. The fourth-order valence-electron chi connectivity index (χ4n) is 3.79. The Balaban J connectivity index is 1.62. The van der Waals surface area contributed by atoms with Gasteiger partial charge in [-0.1, -0.05) is 19.3 Å². The topological polar surface area (TPSA) is 90.2 Å². The summed E-state index contributed by atoms with van der Waals surface area (Å²) in [7, 11) is 1.43. The van der Waals surface area contributed by atoms with Crippen LogP contribution in [0.1, 0.15) is 76.4 Å². The number of hydrogen-bond acceptors (Lipinski definition) is 7. The molecule has 0 saturated carbocycles. The quantitative estimate of drug-likeness (QED) is 0.280. The average Bonchev–Trinajstić information content (AvgIpc) is 3.32. The SMILES string of the molecule is COC(=O)CCCCCCC(COC1CCCCO1)NCCC(O)CCc1ccco1. The number of carbonyl (C=O) groups excluding carboxylic acids is 1. The Morgan fingerprint density at radius 1 is 1.23 bits per heavy atom. The van der Waals surface area contributed by atoms with Crippen LogP contribution >= 0.6 is 0 Å². The van der Waals surface area contributed by atoms with Crippen molar-refractivity contribution in [3.05, 3.63) is 24.2 Å². The van der Waals surface area contributed by atoms with E-state index in [2.05, 4.69) is 10.1 Å². The van der Waals surface area contributed by atoms with Gasteiger partial charge in [-0.2, -0.15) is 0 Å². The zero-order valence-electron chi connectivity index (χ0n) is 19.1. The molecule has 2 rings (SSSR count). The Morgan fingerprint density at radius 2 is 2.10 bits per heavy atom. The van der Waals surface area contributed by atoms with Crippen LogP contribution in [0.2, 0.25) is 0 Å². The molecule has 0 aliphatic carbocycles. The number of esters is 1. The van der Waals surface area contributed by atoms with Crippen LogP contribution in [0.25, 0.3) is 0 Å². The monoisotopic (exact) mass is 439 g/mol. The van der Waals surface area contributed by atoms with Gasteiger partial charge in [0.2, 0.25) is 0 Å². The molecule has 0 radical (unpaired) electrons. The van der Waals surface area contributed by atoms with Gasteiger partial charge in [0.25, 0.3) is 0 Å². The number of furan rings is 1. The number of aliphatic hydroxyl groups is 1. The summed E-state index contributed by atoms with van der Waals surface area (Å²) < 4.78 is 21.7. The second-order valence-electron chi connectivity index (χ2n) is 8.37. The van der Waals surface area contributed by atoms with Crippen LogP contribution in [0, 0.1) is 0 Å². The Bertz CT molecular complexity index is 558. The number of rotatable bonds is 17. The van der Waals surface area contributed by atoms with Gasteiger partial charge in [0.05, 0.1) is 26.1 Å². The molecule has 3 atom stereocenters. The molecule has 7 nitrogen and oxygen atoms in total. The Labute approximate surface area is 186 Å². The van der Waals surface area contributed by atoms with Gasteiger partial charge < -0.3 is 29.1 Å². The van der Waals surface area contributed by atoms with E-state index >= 15 is 0 Å². The summed E-state index contributed by atoms with van der Waals surface area (Å²) in [6.45, 7) is 2.15. The molecule has 2 heterocycles. The van der Waals surface area contributed by atoms with Crippen LogP contribution in [0.4, 0.5) is 0 Å². The molecule has 178 valence electrons. The van der Waals surface area contributed by atoms with E-state index in [0.29, 0.717) is 25.9 Å². The molecule has 1 aromatic heterocycles. The predicted molar refractivity (Wildman–Crippen MR) is 119 cm³/mol. The summed E-state index contributed by atoms with van der Waals surface area (Å²) in [5, 5.41) is 13.8. The molecule has 3 unspecified atom stereocenters. The van der Waals surface area contributed by atoms with E-state index < -0.39 is 0 Å². The maximum Gasteiger partial charge on any atom is 0.305 e. The van der Waals surface area contributed by atoms with Crippen LogP contribution in [0.3, 0.4) is 0 Å². The molecule has 2 N–H and O–H groups in total. The first-order valence-electron chi connectivity index (χ1n) is 11.9. The van der Waals surface area contributed by atoms with Crippen molar-refractivity contribution in [3.8, 4) is 0 Å². The first-order chi connectivity index (χ1) is 15.2. The lowest BCUT2D eigenvalue weighted by molar-refractivity contribution is -0.166. The van der Waals surface area contributed by atoms with E-state index in [-0.39, 0.29) is 24.4 Å². The van der Waals surface area contributed by atoms with Crippen molar-refractivity contribution in [1.29, 1.82) is 0 Å². The molecular weight excluding hydrogens is 398 g/mol. The number of ether oxygens (including phenoxy) is 3. The van der Waals surface area contributed by atoms with Crippen molar-refractivity contribution in [3.63, 3.8) is 0 Å². The minimum absolute atomic E-state index is 0.0861. The first kappa shape index (κ1) is 25.8. The maximum absolute atomic E-state index is 11.2. The summed E-state index contributed by atoms with van der Waals surface area (Å²) >= 11 is 0. The molecule has 0 amide bonds. The molecule has 1 aliphatic rings. The highest BCUT2D eigenvalue weighted by Crippen LogP contribution is 2.15. The second-order valence-corrected chi connectivity index (χ2v) is 8.37. The third-order valence-corrected chi connectivity index (χ3v) is 5.75. The Hall–Kier alpha value is -1.41. The lowest BCUT2D eigenvalue weighted by Crippen LogP contribution is -2.37. The lowest BCUT2D eigenvalue weighted by Gasteiger charge is -2.26. The zero-order chi connectivity index (χ0) is 22.2. The number of unbranched alkanes of at least 4 members (excludes halogenated alkanes) is 3. The molecule has 7 heteroatoms. The minimum atomic E-state index is -0.348. The van der Waals surface area contributed by atoms with Crippen LogP contribution in [-0.4, -0.2) is 56.4 Å². The van der Waals surface area contributed by atoms with Crippen molar-refractivity contribution in [2.75, 3.05) is 26.9 Å². The fourth-order valence-corrected chi connectivity index (χ4v) is 3.79. The molecule has 31 heavy (non-hydrogen) atoms. The third-order valence-electron chi connectivity index (χ3n) is 5.75. The molecule has 0 aromatic carbocycles. The molecular formula is C24H41NO6. The highest BCUT2D eigenvalue weighted by molar-refractivity contribution is 5.68. The Morgan fingerprint density at radius 3 is 2.84 bits per heavy atom. The van der Waals surface area contributed by atoms with Crippen molar-refractivity contribution in [2.24, 2.45) is 0 Å². The predicted octanol–water partition coefficient (Wildman–Crippen LogP) is 3.98. The number of aliphatic hydroxyl groups excluding tert-OH is 1. The number of aryl methyl sites for hydroxylation is 1. The van der Waals surface area contributed by atoms with Gasteiger partial charge in [0.15, 0.2) is 6.29 Å². The van der Waals surface area contributed by atoms with Crippen LogP contribution in [-0.2, 0) is 25.4 Å². The highest BCUT2D eigenvalue weighted by Gasteiger charge is 2.17. The highest BCUT2D eigenvalue weighted by atomic mass is 16.7. The normalized spacial score (nSPS) is 18.6. The van der Waals surface area contributed by atoms with Gasteiger partial charge in [-0.25, -0.2) is 0 Å². The summed E-state index contributed by atoms with van der Waals surface area (Å²) in [5.74, 6) is 0.781. The number of nitrogens with one attached hydrogen (secondary N) is 1. The van der Waals surface area contributed by atoms with Gasteiger partial charge in [-0.05, 0) is 63.6 Å². The second kappa shape index (κ2) is 16.3. The van der Waals surface area contributed by atoms with Crippen molar-refractivity contribution in [1.82, 2.24) is 5.32 Å². The minimum Gasteiger partial charge on any atom is -0.469 e. The molecule has 1 aromatic rings. The van der Waals surface area contributed by atoms with Crippen molar-refractivity contribution < 1.29 is 28.5 Å². The molecule has 1 fully saturated rings. The van der Waals surface area contributed by atoms with Gasteiger partial charge in [0.1, 0.15) is 5.76 Å². The summed E-state index contributed by atoms with van der Waals surface area (Å²) in [5.41, 5.74) is 0. The van der Waals surface area contributed by atoms with Crippen LogP contribution < -0.4 is 5.32 Å². The standard InChI is InChI=1S/C24H41NO6/c1-28-23(27)11-5-3-2-4-9-20(19-31-24-12-6-7-17-30-24)25-16-15-21(26)13-14-22-10-8-18-29-22/h8,10,18,20-21,24-26H,2-7,9,11-17,19H2,1H3. The summed E-state index contributed by atoms with van der Waals surface area (Å²) in [6, 6.07) is 4.05. The number of methoxy groups -OCH3 is 1. The van der Waals surface area contributed by atoms with Gasteiger partial charge in [-0.15, -0.1) is 0 Å². The van der Waals surface area contributed by atoms with E-state index in [1.807, 2.05) is 12.1 Å². The van der Waals surface area contributed by atoms with Gasteiger partial charge >= 0.3 is 5.97 Å².